The molecule has 2 N–H and O–H groups in total. The Balaban J connectivity index is 1.61. The van der Waals surface area contributed by atoms with Crippen LogP contribution in [0.1, 0.15) is 39.2 Å². The Kier molecular flexibility index (Phi) is 7.47. The summed E-state index contributed by atoms with van der Waals surface area (Å²) in [6.07, 6.45) is 4.16. The van der Waals surface area contributed by atoms with Crippen LogP contribution < -0.4 is 29.6 Å². The molecule has 3 aromatic rings. The summed E-state index contributed by atoms with van der Waals surface area (Å²) in [4.78, 5) is 14.7. The smallest absolute Gasteiger partial charge is 0.258 e. The SMILES string of the molecule is COc1ccc(NC(=O)c2c(NCc3ccc(OC)c(OC)c3OC)sc3c2CCCC3)cc1. The number of nitrogens with one attached hydrogen (secondary N) is 2. The average molecular weight is 483 g/mol. The van der Waals surface area contributed by atoms with Gasteiger partial charge in [0, 0.05) is 22.7 Å². The number of aryl methyl sites for hydroxylation is 1. The highest BCUT2D eigenvalue weighted by Gasteiger charge is 2.26. The summed E-state index contributed by atoms with van der Waals surface area (Å²) in [7, 11) is 6.42. The molecule has 1 amide bonds. The summed E-state index contributed by atoms with van der Waals surface area (Å²) < 4.78 is 21.7. The average Bonchev–Trinajstić information content (AvgIpc) is 3.25. The van der Waals surface area contributed by atoms with Crippen molar-refractivity contribution < 1.29 is 23.7 Å². The first kappa shape index (κ1) is 23.8. The molecule has 0 bridgehead atoms. The molecule has 7 nitrogen and oxygen atoms in total. The molecule has 1 aromatic heterocycles. The van der Waals surface area contributed by atoms with Crippen molar-refractivity contribution in [3.8, 4) is 23.0 Å². The maximum Gasteiger partial charge on any atom is 0.258 e. The number of fused-ring (bicyclic) bond motifs is 1. The molecular formula is C26H30N2O5S. The third kappa shape index (κ3) is 4.77. The molecule has 0 aliphatic heterocycles. The standard InChI is InChI=1S/C26H30N2O5S/c1-30-18-12-10-17(11-13-18)28-25(29)22-19-7-5-6-8-21(19)34-26(22)27-15-16-9-14-20(31-2)24(33-4)23(16)32-3/h9-14,27H,5-8,15H2,1-4H3,(H,28,29). The topological polar surface area (TPSA) is 78.1 Å². The van der Waals surface area contributed by atoms with Gasteiger partial charge < -0.3 is 29.6 Å². The monoisotopic (exact) mass is 482 g/mol. The van der Waals surface area contributed by atoms with Crippen molar-refractivity contribution in [2.45, 2.75) is 32.2 Å². The van der Waals surface area contributed by atoms with Crippen LogP contribution in [0.5, 0.6) is 23.0 Å². The number of hydrogen-bond donors (Lipinski definition) is 2. The van der Waals surface area contributed by atoms with Gasteiger partial charge in [0.1, 0.15) is 10.8 Å². The molecule has 0 fully saturated rings. The summed E-state index contributed by atoms with van der Waals surface area (Å²) >= 11 is 1.67. The zero-order valence-electron chi connectivity index (χ0n) is 19.9. The third-order valence-corrected chi connectivity index (χ3v) is 7.22. The summed E-state index contributed by atoms with van der Waals surface area (Å²) in [5, 5.41) is 7.42. The number of ether oxygens (including phenoxy) is 4. The largest absolute Gasteiger partial charge is 0.497 e. The predicted molar refractivity (Wildman–Crippen MR) is 135 cm³/mol. The third-order valence-electron chi connectivity index (χ3n) is 5.97. The molecule has 180 valence electrons. The van der Waals surface area contributed by atoms with Crippen LogP contribution in [-0.2, 0) is 19.4 Å². The maximum atomic E-state index is 13.4. The molecular weight excluding hydrogens is 452 g/mol. The Morgan fingerprint density at radius 1 is 0.882 bits per heavy atom. The van der Waals surface area contributed by atoms with E-state index in [-0.39, 0.29) is 5.91 Å². The lowest BCUT2D eigenvalue weighted by molar-refractivity contribution is 0.102. The molecule has 0 saturated heterocycles. The molecule has 1 heterocycles. The fourth-order valence-corrected chi connectivity index (χ4v) is 5.56. The lowest BCUT2D eigenvalue weighted by Gasteiger charge is -2.17. The zero-order valence-corrected chi connectivity index (χ0v) is 20.8. The Labute approximate surface area is 204 Å². The Bertz CT molecular complexity index is 1160. The van der Waals surface area contributed by atoms with Crippen molar-refractivity contribution in [1.29, 1.82) is 0 Å². The van der Waals surface area contributed by atoms with E-state index in [1.54, 1.807) is 39.8 Å². The van der Waals surface area contributed by atoms with Crippen molar-refractivity contribution in [3.05, 3.63) is 58.0 Å². The van der Waals surface area contributed by atoms with E-state index in [1.807, 2.05) is 36.4 Å². The highest BCUT2D eigenvalue weighted by Crippen LogP contribution is 2.42. The first-order valence-corrected chi connectivity index (χ1v) is 12.0. The quantitative estimate of drug-likeness (QED) is 0.418. The van der Waals surface area contributed by atoms with Gasteiger partial charge in [0.25, 0.3) is 5.91 Å². The van der Waals surface area contributed by atoms with Crippen LogP contribution in [0.15, 0.2) is 36.4 Å². The summed E-state index contributed by atoms with van der Waals surface area (Å²) in [5.41, 5.74) is 3.53. The van der Waals surface area contributed by atoms with E-state index in [0.29, 0.717) is 23.8 Å². The Morgan fingerprint density at radius 2 is 1.62 bits per heavy atom. The van der Waals surface area contributed by atoms with E-state index in [2.05, 4.69) is 10.6 Å². The van der Waals surface area contributed by atoms with Gasteiger partial charge >= 0.3 is 0 Å². The second-order valence-electron chi connectivity index (χ2n) is 7.94. The van der Waals surface area contributed by atoms with Gasteiger partial charge in [-0.1, -0.05) is 0 Å². The van der Waals surface area contributed by atoms with E-state index in [0.717, 1.165) is 58.8 Å². The molecule has 1 aliphatic rings. The fourth-order valence-electron chi connectivity index (χ4n) is 4.28. The summed E-state index contributed by atoms with van der Waals surface area (Å²) in [6.45, 7) is 0.478. The van der Waals surface area contributed by atoms with Crippen LogP contribution in [0, 0.1) is 0 Å². The molecule has 1 aliphatic carbocycles. The van der Waals surface area contributed by atoms with Gasteiger partial charge in [-0.25, -0.2) is 0 Å². The van der Waals surface area contributed by atoms with Crippen molar-refractivity contribution >= 4 is 27.9 Å². The predicted octanol–water partition coefficient (Wildman–Crippen LogP) is 5.53. The summed E-state index contributed by atoms with van der Waals surface area (Å²) in [5.74, 6) is 2.41. The molecule has 0 atom stereocenters. The number of carbonyl (C=O) groups excluding carboxylic acids is 1. The number of amides is 1. The highest BCUT2D eigenvalue weighted by molar-refractivity contribution is 7.16. The van der Waals surface area contributed by atoms with Gasteiger partial charge in [0.2, 0.25) is 5.75 Å². The number of thiophene rings is 1. The first-order chi connectivity index (χ1) is 16.6. The van der Waals surface area contributed by atoms with E-state index in [4.69, 9.17) is 18.9 Å². The van der Waals surface area contributed by atoms with E-state index >= 15 is 0 Å². The second kappa shape index (κ2) is 10.7. The van der Waals surface area contributed by atoms with Gasteiger partial charge in [0.15, 0.2) is 11.5 Å². The molecule has 4 rings (SSSR count). The Morgan fingerprint density at radius 3 is 2.29 bits per heavy atom. The normalized spacial score (nSPS) is 12.5. The molecule has 0 unspecified atom stereocenters. The van der Waals surface area contributed by atoms with E-state index in [9.17, 15) is 4.79 Å². The molecule has 0 spiro atoms. The van der Waals surface area contributed by atoms with Crippen molar-refractivity contribution in [3.63, 3.8) is 0 Å². The number of rotatable bonds is 9. The van der Waals surface area contributed by atoms with Crippen LogP contribution in [0.2, 0.25) is 0 Å². The van der Waals surface area contributed by atoms with Crippen LogP contribution in [0.4, 0.5) is 10.7 Å². The fraction of sp³-hybridized carbons (Fsp3) is 0.346. The first-order valence-electron chi connectivity index (χ1n) is 11.2. The minimum Gasteiger partial charge on any atom is -0.497 e. The summed E-state index contributed by atoms with van der Waals surface area (Å²) in [6, 6.07) is 11.2. The zero-order chi connectivity index (χ0) is 24.1. The van der Waals surface area contributed by atoms with Crippen molar-refractivity contribution in [1.82, 2.24) is 0 Å². The van der Waals surface area contributed by atoms with Gasteiger partial charge in [-0.3, -0.25) is 4.79 Å². The molecule has 8 heteroatoms. The molecule has 34 heavy (non-hydrogen) atoms. The molecule has 0 radical (unpaired) electrons. The van der Waals surface area contributed by atoms with Crippen LogP contribution >= 0.6 is 11.3 Å². The number of benzene rings is 2. The molecule has 2 aromatic carbocycles. The number of anilines is 2. The van der Waals surface area contributed by atoms with Crippen LogP contribution in [0.3, 0.4) is 0 Å². The van der Waals surface area contributed by atoms with Gasteiger partial charge in [-0.15, -0.1) is 11.3 Å². The van der Waals surface area contributed by atoms with Crippen molar-refractivity contribution in [2.24, 2.45) is 0 Å². The lowest BCUT2D eigenvalue weighted by atomic mass is 9.95. The van der Waals surface area contributed by atoms with Gasteiger partial charge in [-0.05, 0) is 67.6 Å². The number of methoxy groups -OCH3 is 4. The second-order valence-corrected chi connectivity index (χ2v) is 9.05. The Hall–Kier alpha value is -3.39. The van der Waals surface area contributed by atoms with Crippen molar-refractivity contribution in [2.75, 3.05) is 39.1 Å². The molecule has 0 saturated carbocycles. The van der Waals surface area contributed by atoms with Crippen LogP contribution in [-0.4, -0.2) is 34.3 Å². The van der Waals surface area contributed by atoms with E-state index < -0.39 is 0 Å². The number of hydrogen-bond acceptors (Lipinski definition) is 7. The minimum absolute atomic E-state index is 0.105. The van der Waals surface area contributed by atoms with E-state index in [1.165, 1.54) is 4.88 Å². The van der Waals surface area contributed by atoms with Crippen LogP contribution in [0.25, 0.3) is 0 Å². The lowest BCUT2D eigenvalue weighted by Crippen LogP contribution is -2.16. The number of carbonyl (C=O) groups is 1. The van der Waals surface area contributed by atoms with Gasteiger partial charge in [-0.2, -0.15) is 0 Å². The maximum absolute atomic E-state index is 13.4. The minimum atomic E-state index is -0.105. The van der Waals surface area contributed by atoms with Gasteiger partial charge in [0.05, 0.1) is 34.0 Å². The highest BCUT2D eigenvalue weighted by atomic mass is 32.1.